The third-order valence-electron chi connectivity index (χ3n) is 2.93. The van der Waals surface area contributed by atoms with Crippen molar-refractivity contribution >= 4 is 27.5 Å². The minimum Gasteiger partial charge on any atom is -0.382 e. The highest BCUT2D eigenvalue weighted by Gasteiger charge is 2.20. The standard InChI is InChI=1S/C13H14BrClN2O/c1-3-17-12(11(15)7-16-17)13(18)10-6-9(14)5-4-8(10)2/h4-7,13,18H,3H2,1-2H3. The molecule has 96 valence electrons. The maximum Gasteiger partial charge on any atom is 0.122 e. The zero-order valence-corrected chi connectivity index (χ0v) is 12.5. The van der Waals surface area contributed by atoms with Crippen LogP contribution in [0.3, 0.4) is 0 Å². The van der Waals surface area contributed by atoms with Crippen molar-refractivity contribution in [3.8, 4) is 0 Å². The van der Waals surface area contributed by atoms with Crippen LogP contribution in [-0.2, 0) is 6.54 Å². The number of aromatic nitrogens is 2. The average Bonchev–Trinajstić information content (AvgIpc) is 2.72. The summed E-state index contributed by atoms with van der Waals surface area (Å²) in [4.78, 5) is 0. The Balaban J connectivity index is 2.50. The molecular weight excluding hydrogens is 316 g/mol. The van der Waals surface area contributed by atoms with Crippen molar-refractivity contribution in [2.45, 2.75) is 26.5 Å². The number of nitrogens with zero attached hydrogens (tertiary/aromatic N) is 2. The summed E-state index contributed by atoms with van der Waals surface area (Å²) >= 11 is 9.52. The van der Waals surface area contributed by atoms with Crippen LogP contribution < -0.4 is 0 Å². The average molecular weight is 330 g/mol. The van der Waals surface area contributed by atoms with Crippen LogP contribution >= 0.6 is 27.5 Å². The van der Waals surface area contributed by atoms with Crippen molar-refractivity contribution in [2.75, 3.05) is 0 Å². The van der Waals surface area contributed by atoms with Crippen LogP contribution in [-0.4, -0.2) is 14.9 Å². The van der Waals surface area contributed by atoms with Crippen LogP contribution in [0.25, 0.3) is 0 Å². The number of aliphatic hydroxyl groups excluding tert-OH is 1. The molecule has 0 aliphatic rings. The largest absolute Gasteiger partial charge is 0.382 e. The molecule has 3 nitrogen and oxygen atoms in total. The fourth-order valence-corrected chi connectivity index (χ4v) is 2.57. The molecule has 0 fully saturated rings. The molecule has 0 aliphatic carbocycles. The number of aliphatic hydroxyl groups is 1. The normalized spacial score (nSPS) is 12.7. The van der Waals surface area contributed by atoms with Crippen LogP contribution in [0.15, 0.2) is 28.9 Å². The van der Waals surface area contributed by atoms with E-state index >= 15 is 0 Å². The molecule has 0 saturated heterocycles. The smallest absolute Gasteiger partial charge is 0.122 e. The van der Waals surface area contributed by atoms with E-state index in [2.05, 4.69) is 21.0 Å². The second-order valence-electron chi connectivity index (χ2n) is 4.10. The summed E-state index contributed by atoms with van der Waals surface area (Å²) in [7, 11) is 0. The number of aryl methyl sites for hydroxylation is 2. The van der Waals surface area contributed by atoms with E-state index in [9.17, 15) is 5.11 Å². The lowest BCUT2D eigenvalue weighted by atomic mass is 10.0. The second-order valence-corrected chi connectivity index (χ2v) is 5.42. The molecule has 2 aromatic rings. The van der Waals surface area contributed by atoms with Gasteiger partial charge in [-0.05, 0) is 37.1 Å². The van der Waals surface area contributed by atoms with E-state index in [1.54, 1.807) is 10.9 Å². The molecule has 0 amide bonds. The summed E-state index contributed by atoms with van der Waals surface area (Å²) < 4.78 is 2.65. The molecule has 0 bridgehead atoms. The van der Waals surface area contributed by atoms with Gasteiger partial charge in [-0.15, -0.1) is 0 Å². The Morgan fingerprint density at radius 3 is 2.89 bits per heavy atom. The van der Waals surface area contributed by atoms with Crippen molar-refractivity contribution in [3.05, 3.63) is 50.7 Å². The molecule has 1 unspecified atom stereocenters. The van der Waals surface area contributed by atoms with Crippen LogP contribution in [0.4, 0.5) is 0 Å². The SMILES string of the molecule is CCn1ncc(Cl)c1C(O)c1cc(Br)ccc1C. The molecule has 5 heteroatoms. The predicted molar refractivity (Wildman–Crippen MR) is 75.9 cm³/mol. The highest BCUT2D eigenvalue weighted by molar-refractivity contribution is 9.10. The van der Waals surface area contributed by atoms with E-state index in [4.69, 9.17) is 11.6 Å². The fraction of sp³-hybridized carbons (Fsp3) is 0.308. The van der Waals surface area contributed by atoms with Gasteiger partial charge in [0.15, 0.2) is 0 Å². The zero-order chi connectivity index (χ0) is 13.3. The lowest BCUT2D eigenvalue weighted by Crippen LogP contribution is -2.10. The first kappa shape index (κ1) is 13.6. The Bertz CT molecular complexity index is 568. The molecule has 18 heavy (non-hydrogen) atoms. The van der Waals surface area contributed by atoms with Crippen LogP contribution in [0, 0.1) is 6.92 Å². The first-order valence-corrected chi connectivity index (χ1v) is 6.87. The lowest BCUT2D eigenvalue weighted by Gasteiger charge is -2.16. The first-order chi connectivity index (χ1) is 8.54. The number of benzene rings is 1. The molecule has 2 rings (SSSR count). The Hall–Kier alpha value is -0.840. The molecule has 1 aromatic carbocycles. The molecule has 1 N–H and O–H groups in total. The Kier molecular flexibility index (Phi) is 4.10. The second kappa shape index (κ2) is 5.43. The first-order valence-electron chi connectivity index (χ1n) is 5.70. The molecular formula is C13H14BrClN2O. The minimum atomic E-state index is -0.766. The maximum absolute atomic E-state index is 10.5. The highest BCUT2D eigenvalue weighted by atomic mass is 79.9. The summed E-state index contributed by atoms with van der Waals surface area (Å²) in [6.45, 7) is 4.60. The molecule has 0 saturated carbocycles. The van der Waals surface area contributed by atoms with Gasteiger partial charge in [0.05, 0.1) is 16.9 Å². The van der Waals surface area contributed by atoms with Gasteiger partial charge in [0.2, 0.25) is 0 Å². The van der Waals surface area contributed by atoms with Crippen molar-refractivity contribution < 1.29 is 5.11 Å². The molecule has 0 aliphatic heterocycles. The van der Waals surface area contributed by atoms with Crippen LogP contribution in [0.1, 0.15) is 29.8 Å². The van der Waals surface area contributed by atoms with E-state index in [-0.39, 0.29) is 0 Å². The van der Waals surface area contributed by atoms with Gasteiger partial charge in [0.1, 0.15) is 6.10 Å². The van der Waals surface area contributed by atoms with Crippen molar-refractivity contribution in [1.29, 1.82) is 0 Å². The highest BCUT2D eigenvalue weighted by Crippen LogP contribution is 2.31. The third kappa shape index (κ3) is 2.46. The summed E-state index contributed by atoms with van der Waals surface area (Å²) in [5.74, 6) is 0. The van der Waals surface area contributed by atoms with Crippen molar-refractivity contribution in [1.82, 2.24) is 9.78 Å². The van der Waals surface area contributed by atoms with Crippen molar-refractivity contribution in [3.63, 3.8) is 0 Å². The lowest BCUT2D eigenvalue weighted by molar-refractivity contribution is 0.207. The van der Waals surface area contributed by atoms with E-state index in [0.717, 1.165) is 15.6 Å². The number of hydrogen-bond donors (Lipinski definition) is 1. The topological polar surface area (TPSA) is 38.0 Å². The summed E-state index contributed by atoms with van der Waals surface area (Å²) in [6, 6.07) is 5.82. The molecule has 1 heterocycles. The van der Waals surface area contributed by atoms with Gasteiger partial charge in [-0.25, -0.2) is 0 Å². The minimum absolute atomic E-state index is 0.490. The molecule has 0 spiro atoms. The van der Waals surface area contributed by atoms with Crippen molar-refractivity contribution in [2.24, 2.45) is 0 Å². The maximum atomic E-state index is 10.5. The van der Waals surface area contributed by atoms with E-state index in [1.807, 2.05) is 32.0 Å². The van der Waals surface area contributed by atoms with Gasteiger partial charge in [0, 0.05) is 11.0 Å². The number of rotatable bonds is 3. The number of halogens is 2. The van der Waals surface area contributed by atoms with Gasteiger partial charge >= 0.3 is 0 Å². The predicted octanol–water partition coefficient (Wildman–Crippen LogP) is 3.71. The fourth-order valence-electron chi connectivity index (χ4n) is 1.95. The Labute approximate surface area is 120 Å². The van der Waals surface area contributed by atoms with E-state index in [0.29, 0.717) is 17.3 Å². The van der Waals surface area contributed by atoms with Gasteiger partial charge in [0.25, 0.3) is 0 Å². The van der Waals surface area contributed by atoms with Crippen LogP contribution in [0.5, 0.6) is 0 Å². The Morgan fingerprint density at radius 1 is 1.50 bits per heavy atom. The quantitative estimate of drug-likeness (QED) is 0.932. The Morgan fingerprint density at radius 2 is 2.22 bits per heavy atom. The monoisotopic (exact) mass is 328 g/mol. The van der Waals surface area contributed by atoms with Gasteiger partial charge in [-0.3, -0.25) is 4.68 Å². The third-order valence-corrected chi connectivity index (χ3v) is 3.71. The summed E-state index contributed by atoms with van der Waals surface area (Å²) in [5, 5.41) is 15.1. The van der Waals surface area contributed by atoms with E-state index in [1.165, 1.54) is 0 Å². The molecule has 1 atom stereocenters. The zero-order valence-electron chi connectivity index (χ0n) is 10.2. The van der Waals surface area contributed by atoms with Gasteiger partial charge in [-0.2, -0.15) is 5.10 Å². The number of hydrogen-bond acceptors (Lipinski definition) is 2. The van der Waals surface area contributed by atoms with Crippen LogP contribution in [0.2, 0.25) is 5.02 Å². The molecule has 0 radical (unpaired) electrons. The molecule has 1 aromatic heterocycles. The van der Waals surface area contributed by atoms with E-state index < -0.39 is 6.10 Å². The summed E-state index contributed by atoms with van der Waals surface area (Å²) in [5.41, 5.74) is 2.49. The van der Waals surface area contributed by atoms with Gasteiger partial charge < -0.3 is 5.11 Å². The van der Waals surface area contributed by atoms with Gasteiger partial charge in [-0.1, -0.05) is 33.6 Å². The summed E-state index contributed by atoms with van der Waals surface area (Å²) in [6.07, 6.45) is 0.800.